The summed E-state index contributed by atoms with van der Waals surface area (Å²) >= 11 is 0. The second-order valence-corrected chi connectivity index (χ2v) is 6.99. The van der Waals surface area contributed by atoms with Gasteiger partial charge in [0.2, 0.25) is 0 Å². The van der Waals surface area contributed by atoms with Crippen molar-refractivity contribution in [1.29, 1.82) is 0 Å². The summed E-state index contributed by atoms with van der Waals surface area (Å²) in [5.74, 6) is 3.47. The Labute approximate surface area is 127 Å². The number of likely N-dealkylation sites (tertiary alicyclic amines) is 1. The van der Waals surface area contributed by atoms with Crippen LogP contribution < -0.4 is 10.6 Å². The minimum atomic E-state index is 0.372. The molecule has 3 rings (SSSR count). The highest BCUT2D eigenvalue weighted by atomic mass is 15.1. The number of hydrogen-bond donors (Lipinski definition) is 2. The van der Waals surface area contributed by atoms with Crippen molar-refractivity contribution in [3.63, 3.8) is 0 Å². The van der Waals surface area contributed by atoms with Crippen LogP contribution in [0.5, 0.6) is 0 Å². The number of aromatic nitrogens is 2. The molecule has 0 atom stereocenters. The molecule has 5 heteroatoms. The molecule has 2 fully saturated rings. The molecule has 0 unspecified atom stereocenters. The van der Waals surface area contributed by atoms with E-state index in [1.807, 2.05) is 13.1 Å². The van der Waals surface area contributed by atoms with Gasteiger partial charge in [0.25, 0.3) is 0 Å². The molecule has 0 radical (unpaired) electrons. The fourth-order valence-corrected chi connectivity index (χ4v) is 2.85. The van der Waals surface area contributed by atoms with Crippen LogP contribution in [0.4, 0.5) is 11.6 Å². The van der Waals surface area contributed by atoms with E-state index in [-0.39, 0.29) is 0 Å². The molecule has 1 saturated carbocycles. The lowest BCUT2D eigenvalue weighted by Crippen LogP contribution is -2.40. The summed E-state index contributed by atoms with van der Waals surface area (Å²) in [6, 6.07) is 2.02. The Kier molecular flexibility index (Phi) is 4.02. The Morgan fingerprint density at radius 3 is 2.52 bits per heavy atom. The maximum atomic E-state index is 4.70. The van der Waals surface area contributed by atoms with Crippen molar-refractivity contribution in [1.82, 2.24) is 14.9 Å². The van der Waals surface area contributed by atoms with Gasteiger partial charge in [-0.1, -0.05) is 6.92 Å². The number of nitrogens with zero attached hydrogens (tertiary/aromatic N) is 3. The second kappa shape index (κ2) is 5.79. The van der Waals surface area contributed by atoms with E-state index in [4.69, 9.17) is 4.98 Å². The summed E-state index contributed by atoms with van der Waals surface area (Å²) < 4.78 is 0. The van der Waals surface area contributed by atoms with Crippen LogP contribution in [0.1, 0.15) is 44.3 Å². The van der Waals surface area contributed by atoms with Crippen LogP contribution in [0.2, 0.25) is 0 Å². The predicted octanol–water partition coefficient (Wildman–Crippen LogP) is 2.54. The van der Waals surface area contributed by atoms with Gasteiger partial charge in [-0.05, 0) is 51.2 Å². The lowest BCUT2D eigenvalue weighted by Gasteiger charge is -2.38. The van der Waals surface area contributed by atoms with Gasteiger partial charge in [0.1, 0.15) is 17.5 Å². The zero-order valence-electron chi connectivity index (χ0n) is 13.4. The molecule has 0 spiro atoms. The van der Waals surface area contributed by atoms with E-state index in [9.17, 15) is 0 Å². The number of nitrogens with one attached hydrogen (secondary N) is 2. The first kappa shape index (κ1) is 14.6. The van der Waals surface area contributed by atoms with E-state index < -0.39 is 0 Å². The van der Waals surface area contributed by atoms with Gasteiger partial charge in [0.15, 0.2) is 0 Å². The first-order valence-electron chi connectivity index (χ1n) is 8.07. The number of anilines is 2. The van der Waals surface area contributed by atoms with Crippen molar-refractivity contribution < 1.29 is 0 Å². The lowest BCUT2D eigenvalue weighted by molar-refractivity contribution is 0.150. The van der Waals surface area contributed by atoms with E-state index >= 15 is 0 Å². The number of hydrogen-bond acceptors (Lipinski definition) is 5. The summed E-state index contributed by atoms with van der Waals surface area (Å²) in [5.41, 5.74) is 0.372. The fraction of sp³-hybridized carbons (Fsp3) is 0.750. The van der Waals surface area contributed by atoms with Crippen LogP contribution in [0.3, 0.4) is 0 Å². The molecule has 1 aliphatic heterocycles. The van der Waals surface area contributed by atoms with Gasteiger partial charge >= 0.3 is 0 Å². The zero-order chi connectivity index (χ0) is 14.9. The van der Waals surface area contributed by atoms with Crippen LogP contribution in [0.25, 0.3) is 0 Å². The van der Waals surface area contributed by atoms with Gasteiger partial charge in [-0.25, -0.2) is 9.97 Å². The number of piperidine rings is 1. The topological polar surface area (TPSA) is 53.1 Å². The molecule has 2 aliphatic rings. The van der Waals surface area contributed by atoms with Crippen LogP contribution in [0.15, 0.2) is 6.07 Å². The smallest absolute Gasteiger partial charge is 0.136 e. The van der Waals surface area contributed by atoms with Gasteiger partial charge in [-0.3, -0.25) is 0 Å². The van der Waals surface area contributed by atoms with Crippen LogP contribution in [0, 0.1) is 5.41 Å². The summed E-state index contributed by atoms with van der Waals surface area (Å²) in [6.45, 7) is 5.76. The lowest BCUT2D eigenvalue weighted by atomic mass is 9.80. The molecule has 0 aromatic carbocycles. The van der Waals surface area contributed by atoms with Gasteiger partial charge in [0.05, 0.1) is 0 Å². The minimum absolute atomic E-state index is 0.372. The normalized spacial score (nSPS) is 22.0. The third-order valence-electron chi connectivity index (χ3n) is 4.83. The standard InChI is InChI=1S/C16H27N5/c1-16(6-8-21(3)9-7-16)11-18-14-10-13(17-2)19-15(20-14)12-4-5-12/h10,12H,4-9,11H2,1-3H3,(H2,17,18,19,20). The monoisotopic (exact) mass is 289 g/mol. The molecule has 1 aliphatic carbocycles. The third kappa shape index (κ3) is 3.64. The third-order valence-corrected chi connectivity index (χ3v) is 4.83. The maximum absolute atomic E-state index is 4.70. The van der Waals surface area contributed by atoms with Gasteiger partial charge < -0.3 is 15.5 Å². The largest absolute Gasteiger partial charge is 0.373 e. The van der Waals surface area contributed by atoms with Gasteiger partial charge in [0, 0.05) is 25.6 Å². The van der Waals surface area contributed by atoms with Crippen molar-refractivity contribution in [3.05, 3.63) is 11.9 Å². The molecule has 5 nitrogen and oxygen atoms in total. The molecular weight excluding hydrogens is 262 g/mol. The van der Waals surface area contributed by atoms with E-state index in [0.29, 0.717) is 11.3 Å². The Morgan fingerprint density at radius 1 is 1.24 bits per heavy atom. The van der Waals surface area contributed by atoms with E-state index in [0.717, 1.165) is 24.0 Å². The zero-order valence-corrected chi connectivity index (χ0v) is 13.4. The molecule has 1 saturated heterocycles. The fourth-order valence-electron chi connectivity index (χ4n) is 2.85. The molecule has 21 heavy (non-hydrogen) atoms. The Balaban J connectivity index is 1.65. The second-order valence-electron chi connectivity index (χ2n) is 6.99. The van der Waals surface area contributed by atoms with Crippen LogP contribution >= 0.6 is 0 Å². The Bertz CT molecular complexity index is 489. The molecule has 2 heterocycles. The number of rotatable bonds is 5. The minimum Gasteiger partial charge on any atom is -0.373 e. The van der Waals surface area contributed by atoms with Crippen molar-refractivity contribution in [2.45, 2.75) is 38.5 Å². The predicted molar refractivity (Wildman–Crippen MR) is 86.9 cm³/mol. The average molecular weight is 289 g/mol. The average Bonchev–Trinajstić information content (AvgIpc) is 3.33. The molecule has 1 aromatic heterocycles. The van der Waals surface area contributed by atoms with Crippen molar-refractivity contribution in [3.8, 4) is 0 Å². The molecule has 116 valence electrons. The highest BCUT2D eigenvalue weighted by molar-refractivity contribution is 5.48. The summed E-state index contributed by atoms with van der Waals surface area (Å²) in [4.78, 5) is 11.7. The van der Waals surface area contributed by atoms with Crippen LogP contribution in [-0.2, 0) is 0 Å². The molecule has 1 aromatic rings. The summed E-state index contributed by atoms with van der Waals surface area (Å²) in [7, 11) is 4.12. The molecular formula is C16H27N5. The highest BCUT2D eigenvalue weighted by Crippen LogP contribution is 2.39. The van der Waals surface area contributed by atoms with Gasteiger partial charge in [-0.2, -0.15) is 0 Å². The van der Waals surface area contributed by atoms with Gasteiger partial charge in [-0.15, -0.1) is 0 Å². The first-order valence-corrected chi connectivity index (χ1v) is 8.07. The van der Waals surface area contributed by atoms with Crippen LogP contribution in [-0.4, -0.2) is 48.6 Å². The molecule has 2 N–H and O–H groups in total. The van der Waals surface area contributed by atoms with E-state index in [1.165, 1.54) is 38.8 Å². The first-order chi connectivity index (χ1) is 10.1. The van der Waals surface area contributed by atoms with Crippen molar-refractivity contribution in [2.24, 2.45) is 5.41 Å². The van der Waals surface area contributed by atoms with E-state index in [1.54, 1.807) is 0 Å². The van der Waals surface area contributed by atoms with Crippen molar-refractivity contribution in [2.75, 3.05) is 44.4 Å². The summed E-state index contributed by atoms with van der Waals surface area (Å²) in [6.07, 6.45) is 4.96. The SMILES string of the molecule is CNc1cc(NCC2(C)CCN(C)CC2)nc(C2CC2)n1. The quantitative estimate of drug-likeness (QED) is 0.872. The van der Waals surface area contributed by atoms with Crippen molar-refractivity contribution >= 4 is 11.6 Å². The highest BCUT2D eigenvalue weighted by Gasteiger charge is 2.30. The summed E-state index contributed by atoms with van der Waals surface area (Å²) in [5, 5.41) is 6.70. The molecule has 0 bridgehead atoms. The van der Waals surface area contributed by atoms with E-state index in [2.05, 4.69) is 34.5 Å². The Hall–Kier alpha value is -1.36. The maximum Gasteiger partial charge on any atom is 0.136 e. The Morgan fingerprint density at radius 2 is 1.90 bits per heavy atom. The molecule has 0 amide bonds.